The summed E-state index contributed by atoms with van der Waals surface area (Å²) in [7, 11) is -2.44. The van der Waals surface area contributed by atoms with Crippen molar-refractivity contribution in [1.82, 2.24) is 0 Å². The predicted molar refractivity (Wildman–Crippen MR) is 45.7 cm³/mol. The summed E-state index contributed by atoms with van der Waals surface area (Å²) in [5, 5.41) is 9.59. The van der Waals surface area contributed by atoms with Gasteiger partial charge in [0.05, 0.1) is 12.3 Å². The van der Waals surface area contributed by atoms with Crippen molar-refractivity contribution < 1.29 is 14.2 Å². The molecule has 1 N–H and O–H groups in total. The fourth-order valence-corrected chi connectivity index (χ4v) is 2.60. The van der Waals surface area contributed by atoms with Crippen LogP contribution in [0.1, 0.15) is 32.6 Å². The van der Waals surface area contributed by atoms with Crippen LogP contribution in [0.15, 0.2) is 0 Å². The molecular weight excluding hydrogens is 175 g/mol. The van der Waals surface area contributed by atoms with Gasteiger partial charge in [0.15, 0.2) is 0 Å². The maximum Gasteiger partial charge on any atom is 0.318 e. The summed E-state index contributed by atoms with van der Waals surface area (Å²) < 4.78 is 20.8. The molecule has 1 unspecified atom stereocenters. The van der Waals surface area contributed by atoms with Crippen LogP contribution in [0, 0.1) is 5.41 Å². The second-order valence-electron chi connectivity index (χ2n) is 3.89. The topological polar surface area (TPSA) is 54.4 Å². The van der Waals surface area contributed by atoms with Gasteiger partial charge in [-0.05, 0) is 18.3 Å². The van der Waals surface area contributed by atoms with Crippen molar-refractivity contribution in [2.24, 2.45) is 5.41 Å². The second kappa shape index (κ2) is 3.71. The maximum atomic E-state index is 10.4. The molecule has 70 valence electrons. The SMILES string of the molecule is CC1(C(O)CP(=O)=O)CCCC1. The van der Waals surface area contributed by atoms with Gasteiger partial charge < -0.3 is 5.11 Å². The Kier molecular flexibility index (Phi) is 3.08. The molecule has 0 heterocycles. The Balaban J connectivity index is 2.55. The first-order valence-corrected chi connectivity index (χ1v) is 5.71. The van der Waals surface area contributed by atoms with Gasteiger partial charge in [-0.1, -0.05) is 19.8 Å². The zero-order chi connectivity index (χ0) is 9.19. The van der Waals surface area contributed by atoms with E-state index in [4.69, 9.17) is 0 Å². The molecule has 0 aromatic heterocycles. The summed E-state index contributed by atoms with van der Waals surface area (Å²) in [6.07, 6.45) is 3.40. The normalized spacial score (nSPS) is 23.8. The molecule has 0 bridgehead atoms. The van der Waals surface area contributed by atoms with Crippen molar-refractivity contribution in [1.29, 1.82) is 0 Å². The summed E-state index contributed by atoms with van der Waals surface area (Å²) in [5.41, 5.74) is -0.143. The lowest BCUT2D eigenvalue weighted by atomic mass is 9.83. The van der Waals surface area contributed by atoms with E-state index in [1.807, 2.05) is 6.92 Å². The van der Waals surface area contributed by atoms with Crippen molar-refractivity contribution in [3.05, 3.63) is 0 Å². The molecule has 12 heavy (non-hydrogen) atoms. The third-order valence-electron chi connectivity index (χ3n) is 2.87. The first-order chi connectivity index (χ1) is 5.54. The maximum absolute atomic E-state index is 10.4. The number of aliphatic hydroxyl groups excluding tert-OH is 1. The smallest absolute Gasteiger partial charge is 0.318 e. The van der Waals surface area contributed by atoms with Crippen LogP contribution in [0.25, 0.3) is 0 Å². The van der Waals surface area contributed by atoms with Gasteiger partial charge >= 0.3 is 7.68 Å². The first kappa shape index (κ1) is 9.94. The van der Waals surface area contributed by atoms with Crippen molar-refractivity contribution in [2.45, 2.75) is 38.7 Å². The largest absolute Gasteiger partial charge is 0.392 e. The van der Waals surface area contributed by atoms with E-state index in [1.165, 1.54) is 0 Å². The van der Waals surface area contributed by atoms with E-state index in [9.17, 15) is 14.2 Å². The monoisotopic (exact) mass is 190 g/mol. The number of rotatable bonds is 3. The molecule has 0 spiro atoms. The molecule has 1 rings (SSSR count). The average Bonchev–Trinajstić information content (AvgIpc) is 2.36. The number of aliphatic hydroxyl groups is 1. The van der Waals surface area contributed by atoms with Crippen LogP contribution in [-0.4, -0.2) is 17.4 Å². The van der Waals surface area contributed by atoms with E-state index < -0.39 is 13.8 Å². The van der Waals surface area contributed by atoms with Crippen molar-refractivity contribution in [3.8, 4) is 0 Å². The van der Waals surface area contributed by atoms with Gasteiger partial charge in [0.25, 0.3) is 0 Å². The average molecular weight is 190 g/mol. The fourth-order valence-electron chi connectivity index (χ4n) is 1.88. The van der Waals surface area contributed by atoms with E-state index >= 15 is 0 Å². The Hall–Kier alpha value is -0.140. The quantitative estimate of drug-likeness (QED) is 0.693. The summed E-state index contributed by atoms with van der Waals surface area (Å²) in [6.45, 7) is 1.98. The highest BCUT2D eigenvalue weighted by molar-refractivity contribution is 7.30. The van der Waals surface area contributed by atoms with Crippen LogP contribution in [0.3, 0.4) is 0 Å². The Morgan fingerprint density at radius 1 is 1.42 bits per heavy atom. The lowest BCUT2D eigenvalue weighted by Crippen LogP contribution is -2.30. The van der Waals surface area contributed by atoms with E-state index in [0.29, 0.717) is 0 Å². The summed E-state index contributed by atoms with van der Waals surface area (Å²) in [4.78, 5) is 0. The Bertz CT molecular complexity index is 208. The molecule has 0 saturated heterocycles. The van der Waals surface area contributed by atoms with Gasteiger partial charge in [-0.25, -0.2) is 9.13 Å². The van der Waals surface area contributed by atoms with E-state index in [2.05, 4.69) is 0 Å². The summed E-state index contributed by atoms with van der Waals surface area (Å²) in [6, 6.07) is 0. The van der Waals surface area contributed by atoms with Crippen LogP contribution in [0.4, 0.5) is 0 Å². The van der Waals surface area contributed by atoms with Gasteiger partial charge in [-0.2, -0.15) is 0 Å². The molecule has 1 fully saturated rings. The van der Waals surface area contributed by atoms with Gasteiger partial charge in [-0.15, -0.1) is 0 Å². The summed E-state index contributed by atoms with van der Waals surface area (Å²) >= 11 is 0. The molecular formula is C8H15O3P. The molecule has 0 amide bonds. The van der Waals surface area contributed by atoms with E-state index in [1.54, 1.807) is 0 Å². The predicted octanol–water partition coefficient (Wildman–Crippen LogP) is 2.10. The molecule has 1 aliphatic rings. The van der Waals surface area contributed by atoms with Gasteiger partial charge in [0.2, 0.25) is 0 Å². The van der Waals surface area contributed by atoms with Crippen molar-refractivity contribution in [2.75, 3.05) is 6.16 Å². The molecule has 0 aromatic carbocycles. The van der Waals surface area contributed by atoms with Crippen molar-refractivity contribution in [3.63, 3.8) is 0 Å². The lowest BCUT2D eigenvalue weighted by molar-refractivity contribution is 0.0600. The standard InChI is InChI=1S/C8H15O3P/c1-8(4-2-3-5-8)7(9)6-12(10)11/h7,9H,2-6H2,1H3. The lowest BCUT2D eigenvalue weighted by Gasteiger charge is -2.27. The van der Waals surface area contributed by atoms with Crippen LogP contribution >= 0.6 is 7.68 Å². The van der Waals surface area contributed by atoms with Crippen LogP contribution < -0.4 is 0 Å². The summed E-state index contributed by atoms with van der Waals surface area (Å²) in [5.74, 6) is 0. The minimum Gasteiger partial charge on any atom is -0.392 e. The van der Waals surface area contributed by atoms with Crippen LogP contribution in [0.2, 0.25) is 0 Å². The third-order valence-corrected chi connectivity index (χ3v) is 3.52. The molecule has 0 aromatic rings. The third kappa shape index (κ3) is 2.18. The van der Waals surface area contributed by atoms with E-state index in [-0.39, 0.29) is 11.6 Å². The molecule has 3 nitrogen and oxygen atoms in total. The first-order valence-electron chi connectivity index (χ1n) is 4.34. The minimum atomic E-state index is -2.44. The number of hydrogen-bond acceptors (Lipinski definition) is 3. The zero-order valence-electron chi connectivity index (χ0n) is 7.32. The molecule has 0 aliphatic heterocycles. The van der Waals surface area contributed by atoms with E-state index in [0.717, 1.165) is 25.7 Å². The van der Waals surface area contributed by atoms with Crippen molar-refractivity contribution >= 4 is 7.68 Å². The Labute approximate surface area is 73.0 Å². The Morgan fingerprint density at radius 3 is 2.33 bits per heavy atom. The Morgan fingerprint density at radius 2 is 1.92 bits per heavy atom. The molecule has 0 radical (unpaired) electrons. The molecule has 4 heteroatoms. The highest BCUT2D eigenvalue weighted by atomic mass is 31.1. The molecule has 1 aliphatic carbocycles. The van der Waals surface area contributed by atoms with Crippen LogP contribution in [-0.2, 0) is 9.13 Å². The fraction of sp³-hybridized carbons (Fsp3) is 1.00. The second-order valence-corrected chi connectivity index (χ2v) is 4.92. The van der Waals surface area contributed by atoms with Gasteiger partial charge in [0.1, 0.15) is 0 Å². The highest BCUT2D eigenvalue weighted by Gasteiger charge is 2.36. The highest BCUT2D eigenvalue weighted by Crippen LogP contribution is 2.41. The number of hydrogen-bond donors (Lipinski definition) is 1. The molecule has 1 atom stereocenters. The van der Waals surface area contributed by atoms with Gasteiger partial charge in [0, 0.05) is 0 Å². The molecule has 1 saturated carbocycles. The minimum absolute atomic E-state index is 0.0775. The van der Waals surface area contributed by atoms with Gasteiger partial charge in [-0.3, -0.25) is 0 Å². The zero-order valence-corrected chi connectivity index (χ0v) is 8.22. The van der Waals surface area contributed by atoms with Crippen LogP contribution in [0.5, 0.6) is 0 Å².